The molecule has 0 N–H and O–H groups in total. The Morgan fingerprint density at radius 2 is 1.00 bits per heavy atom. The van der Waals surface area contributed by atoms with Crippen molar-refractivity contribution in [3.05, 3.63) is 11.7 Å². The largest absolute Gasteiger partial charge is 0.491 e. The molecule has 0 saturated heterocycles. The second-order valence-electron chi connectivity index (χ2n) is 8.22. The SMILES string of the molecule is CCCCCCCCCCOCOC(OCCCC)=C(CCCCC)OCCCC. The highest BCUT2D eigenvalue weighted by Crippen LogP contribution is 2.19. The number of hydrogen-bond donors (Lipinski definition) is 0. The van der Waals surface area contributed by atoms with Crippen molar-refractivity contribution in [1.29, 1.82) is 0 Å². The Hall–Kier alpha value is -0.900. The van der Waals surface area contributed by atoms with Crippen LogP contribution < -0.4 is 0 Å². The lowest BCUT2D eigenvalue weighted by atomic mass is 10.1. The van der Waals surface area contributed by atoms with Crippen LogP contribution in [0.3, 0.4) is 0 Å². The van der Waals surface area contributed by atoms with Crippen molar-refractivity contribution in [2.75, 3.05) is 26.6 Å². The number of ether oxygens (including phenoxy) is 4. The van der Waals surface area contributed by atoms with Gasteiger partial charge in [-0.25, -0.2) is 0 Å². The molecule has 0 aromatic rings. The summed E-state index contributed by atoms with van der Waals surface area (Å²) in [6.45, 7) is 11.2. The number of allylic oxidation sites excluding steroid dienone is 1. The van der Waals surface area contributed by atoms with Crippen LogP contribution in [0.15, 0.2) is 11.7 Å². The van der Waals surface area contributed by atoms with Crippen molar-refractivity contribution < 1.29 is 18.9 Å². The molecule has 0 heterocycles. The van der Waals surface area contributed by atoms with Crippen LogP contribution in [0.25, 0.3) is 0 Å². The quantitative estimate of drug-likeness (QED) is 0.0877. The van der Waals surface area contributed by atoms with Crippen LogP contribution in [0.2, 0.25) is 0 Å². The fourth-order valence-electron chi connectivity index (χ4n) is 3.11. The van der Waals surface area contributed by atoms with Crippen LogP contribution in [0, 0.1) is 0 Å². The maximum Gasteiger partial charge on any atom is 0.321 e. The zero-order valence-corrected chi connectivity index (χ0v) is 20.8. The smallest absolute Gasteiger partial charge is 0.321 e. The number of unbranched alkanes of at least 4 members (excludes halogenated alkanes) is 11. The van der Waals surface area contributed by atoms with E-state index < -0.39 is 0 Å². The van der Waals surface area contributed by atoms with E-state index in [4.69, 9.17) is 18.9 Å². The summed E-state index contributed by atoms with van der Waals surface area (Å²) in [6, 6.07) is 0. The van der Waals surface area contributed by atoms with Gasteiger partial charge < -0.3 is 18.9 Å². The monoisotopic (exact) mass is 428 g/mol. The third-order valence-electron chi connectivity index (χ3n) is 5.16. The molecule has 0 aliphatic rings. The fraction of sp³-hybridized carbons (Fsp3) is 0.923. The van der Waals surface area contributed by atoms with Crippen LogP contribution in [0.5, 0.6) is 0 Å². The molecule has 180 valence electrons. The first kappa shape index (κ1) is 29.1. The molecule has 0 aromatic heterocycles. The van der Waals surface area contributed by atoms with Gasteiger partial charge in [0.15, 0.2) is 12.6 Å². The predicted molar refractivity (Wildman–Crippen MR) is 127 cm³/mol. The molecule has 0 atom stereocenters. The van der Waals surface area contributed by atoms with Gasteiger partial charge in [-0.15, -0.1) is 0 Å². The molecule has 0 saturated carbocycles. The van der Waals surface area contributed by atoms with Gasteiger partial charge in [0, 0.05) is 6.42 Å². The zero-order chi connectivity index (χ0) is 22.1. The molecule has 0 radical (unpaired) electrons. The van der Waals surface area contributed by atoms with Gasteiger partial charge in [0.05, 0.1) is 19.8 Å². The molecular weight excluding hydrogens is 376 g/mol. The normalized spacial score (nSPS) is 12.0. The third kappa shape index (κ3) is 19.1. The fourth-order valence-corrected chi connectivity index (χ4v) is 3.11. The Bertz CT molecular complexity index is 356. The first-order chi connectivity index (χ1) is 14.8. The highest BCUT2D eigenvalue weighted by molar-refractivity contribution is 4.95. The second-order valence-corrected chi connectivity index (χ2v) is 8.22. The predicted octanol–water partition coefficient (Wildman–Crippen LogP) is 8.50. The minimum absolute atomic E-state index is 0.242. The second kappa shape index (κ2) is 24.4. The molecule has 0 bridgehead atoms. The van der Waals surface area contributed by atoms with Gasteiger partial charge in [-0.3, -0.25) is 0 Å². The van der Waals surface area contributed by atoms with Crippen molar-refractivity contribution in [3.8, 4) is 0 Å². The van der Waals surface area contributed by atoms with Gasteiger partial charge >= 0.3 is 5.95 Å². The van der Waals surface area contributed by atoms with Crippen molar-refractivity contribution in [2.24, 2.45) is 0 Å². The van der Waals surface area contributed by atoms with Crippen LogP contribution in [-0.4, -0.2) is 26.6 Å². The summed E-state index contributed by atoms with van der Waals surface area (Å²) in [6.07, 6.45) is 19.1. The summed E-state index contributed by atoms with van der Waals surface area (Å²) in [7, 11) is 0. The minimum Gasteiger partial charge on any atom is -0.491 e. The number of hydrogen-bond acceptors (Lipinski definition) is 4. The van der Waals surface area contributed by atoms with Gasteiger partial charge in [-0.05, 0) is 25.7 Å². The van der Waals surface area contributed by atoms with E-state index in [1.165, 1.54) is 57.8 Å². The summed E-state index contributed by atoms with van der Waals surface area (Å²) in [5.74, 6) is 1.41. The Morgan fingerprint density at radius 1 is 0.467 bits per heavy atom. The molecule has 0 spiro atoms. The van der Waals surface area contributed by atoms with E-state index in [9.17, 15) is 0 Å². The summed E-state index contributed by atoms with van der Waals surface area (Å²) in [5, 5.41) is 0. The topological polar surface area (TPSA) is 36.9 Å². The molecule has 0 aliphatic carbocycles. The zero-order valence-electron chi connectivity index (χ0n) is 20.8. The molecule has 0 amide bonds. The summed E-state index contributed by atoms with van der Waals surface area (Å²) < 4.78 is 23.6. The maximum atomic E-state index is 6.05. The van der Waals surface area contributed by atoms with Crippen molar-refractivity contribution in [3.63, 3.8) is 0 Å². The summed E-state index contributed by atoms with van der Waals surface area (Å²) in [5.41, 5.74) is 0. The highest BCUT2D eigenvalue weighted by atomic mass is 16.7. The standard InChI is InChI=1S/C26H52O4/c1-5-9-13-14-15-16-17-19-21-27-24-30-26(29-23-12-8-4)25(20-18-10-6-2)28-22-11-7-3/h5-24H2,1-4H3. The lowest BCUT2D eigenvalue weighted by Gasteiger charge is -2.18. The summed E-state index contributed by atoms with van der Waals surface area (Å²) in [4.78, 5) is 0. The molecule has 0 unspecified atom stereocenters. The van der Waals surface area contributed by atoms with E-state index in [2.05, 4.69) is 27.7 Å². The molecule has 30 heavy (non-hydrogen) atoms. The molecule has 0 aliphatic heterocycles. The van der Waals surface area contributed by atoms with Gasteiger partial charge in [0.25, 0.3) is 0 Å². The first-order valence-corrected chi connectivity index (χ1v) is 13.0. The first-order valence-electron chi connectivity index (χ1n) is 13.0. The Morgan fingerprint density at radius 3 is 1.63 bits per heavy atom. The van der Waals surface area contributed by atoms with E-state index >= 15 is 0 Å². The lowest BCUT2D eigenvalue weighted by Crippen LogP contribution is -2.10. The van der Waals surface area contributed by atoms with Gasteiger partial charge in [-0.1, -0.05) is 98.3 Å². The Labute approximate surface area is 188 Å². The van der Waals surface area contributed by atoms with E-state index in [1.807, 2.05) is 0 Å². The van der Waals surface area contributed by atoms with Crippen LogP contribution in [-0.2, 0) is 18.9 Å². The molecular formula is C26H52O4. The van der Waals surface area contributed by atoms with Crippen molar-refractivity contribution in [2.45, 2.75) is 130 Å². The van der Waals surface area contributed by atoms with Crippen LogP contribution in [0.4, 0.5) is 0 Å². The van der Waals surface area contributed by atoms with Gasteiger partial charge in [-0.2, -0.15) is 0 Å². The molecule has 4 heteroatoms. The van der Waals surface area contributed by atoms with E-state index in [-0.39, 0.29) is 6.79 Å². The van der Waals surface area contributed by atoms with E-state index in [1.54, 1.807) is 0 Å². The van der Waals surface area contributed by atoms with Gasteiger partial charge in [0.1, 0.15) is 0 Å². The number of rotatable bonds is 24. The highest BCUT2D eigenvalue weighted by Gasteiger charge is 2.13. The Balaban J connectivity index is 4.31. The molecule has 0 aromatic carbocycles. The van der Waals surface area contributed by atoms with E-state index in [0.29, 0.717) is 12.6 Å². The van der Waals surface area contributed by atoms with E-state index in [0.717, 1.165) is 63.9 Å². The van der Waals surface area contributed by atoms with Crippen molar-refractivity contribution >= 4 is 0 Å². The molecule has 4 nitrogen and oxygen atoms in total. The lowest BCUT2D eigenvalue weighted by molar-refractivity contribution is -0.0844. The average molecular weight is 429 g/mol. The minimum atomic E-state index is 0.242. The van der Waals surface area contributed by atoms with Crippen LogP contribution in [0.1, 0.15) is 130 Å². The molecule has 0 fully saturated rings. The third-order valence-corrected chi connectivity index (χ3v) is 5.16. The molecule has 0 rings (SSSR count). The van der Waals surface area contributed by atoms with Crippen LogP contribution >= 0.6 is 0 Å². The average Bonchev–Trinajstić information content (AvgIpc) is 2.75. The maximum absolute atomic E-state index is 6.05. The summed E-state index contributed by atoms with van der Waals surface area (Å²) >= 11 is 0. The van der Waals surface area contributed by atoms with Gasteiger partial charge in [0.2, 0.25) is 0 Å². The Kier molecular flexibility index (Phi) is 23.6. The van der Waals surface area contributed by atoms with Crippen molar-refractivity contribution in [1.82, 2.24) is 0 Å².